The van der Waals surface area contributed by atoms with Gasteiger partial charge in [-0.25, -0.2) is 0 Å². The van der Waals surface area contributed by atoms with E-state index in [1.165, 1.54) is 18.5 Å². The number of H-pyrrole nitrogens is 1. The maximum atomic E-state index is 13.4. The van der Waals surface area contributed by atoms with Crippen LogP contribution in [0.4, 0.5) is 0 Å². The van der Waals surface area contributed by atoms with Gasteiger partial charge in [0, 0.05) is 17.3 Å². The van der Waals surface area contributed by atoms with Crippen LogP contribution in [0.1, 0.15) is 38.8 Å². The van der Waals surface area contributed by atoms with E-state index in [4.69, 9.17) is 9.15 Å². The predicted octanol–water partition coefficient (Wildman–Crippen LogP) is 4.25. The Balaban J connectivity index is 2.06. The minimum atomic E-state index is -0.667. The molecule has 3 heterocycles. The molecule has 7 heteroatoms. The molecule has 0 radical (unpaired) electrons. The predicted molar refractivity (Wildman–Crippen MR) is 119 cm³/mol. The zero-order chi connectivity index (χ0) is 22.5. The molecule has 0 amide bonds. The van der Waals surface area contributed by atoms with E-state index in [1.807, 2.05) is 45.9 Å². The van der Waals surface area contributed by atoms with Crippen molar-refractivity contribution in [2.45, 2.75) is 39.7 Å². The number of fused-ring (bicyclic) bond motifs is 3. The smallest absolute Gasteiger partial charge is 0.290 e. The van der Waals surface area contributed by atoms with Gasteiger partial charge in [-0.3, -0.25) is 9.59 Å². The van der Waals surface area contributed by atoms with Crippen molar-refractivity contribution in [3.05, 3.63) is 68.0 Å². The lowest BCUT2D eigenvalue weighted by Gasteiger charge is -2.30. The first-order valence-corrected chi connectivity index (χ1v) is 9.86. The Labute approximate surface area is 177 Å². The van der Waals surface area contributed by atoms with Crippen LogP contribution in [0.25, 0.3) is 28.2 Å². The first kappa shape index (κ1) is 20.5. The lowest BCUT2D eigenvalue weighted by atomic mass is 9.94. The minimum absolute atomic E-state index is 0.0204. The molecule has 2 aromatic heterocycles. The summed E-state index contributed by atoms with van der Waals surface area (Å²) in [5.74, 6) is -0.247. The molecule has 0 bridgehead atoms. The average molecular weight is 421 g/mol. The highest BCUT2D eigenvalue weighted by atomic mass is 16.5. The van der Waals surface area contributed by atoms with E-state index in [0.717, 1.165) is 5.57 Å². The number of aromatic amines is 1. The van der Waals surface area contributed by atoms with Gasteiger partial charge in [0.25, 0.3) is 5.56 Å². The van der Waals surface area contributed by atoms with Gasteiger partial charge in [0.2, 0.25) is 5.43 Å². The summed E-state index contributed by atoms with van der Waals surface area (Å²) in [6.45, 7) is 7.70. The van der Waals surface area contributed by atoms with Crippen LogP contribution in [-0.2, 0) is 6.42 Å². The number of ether oxygens (including phenoxy) is 1. The molecular formula is C24H23NO6. The molecule has 3 N–H and O–H groups in total. The van der Waals surface area contributed by atoms with E-state index in [2.05, 4.69) is 4.98 Å². The quantitative estimate of drug-likeness (QED) is 0.545. The molecule has 0 atom stereocenters. The van der Waals surface area contributed by atoms with Gasteiger partial charge in [-0.15, -0.1) is 0 Å². The summed E-state index contributed by atoms with van der Waals surface area (Å²) in [5.41, 5.74) is 0.982. The maximum Gasteiger partial charge on any atom is 0.290 e. The minimum Gasteiger partial charge on any atom is -0.507 e. The first-order chi connectivity index (χ1) is 14.6. The number of aromatic nitrogens is 1. The molecule has 0 unspecified atom stereocenters. The van der Waals surface area contributed by atoms with Gasteiger partial charge in [0.15, 0.2) is 11.3 Å². The van der Waals surface area contributed by atoms with Gasteiger partial charge >= 0.3 is 0 Å². The molecule has 31 heavy (non-hydrogen) atoms. The highest BCUT2D eigenvalue weighted by molar-refractivity contribution is 5.97. The van der Waals surface area contributed by atoms with Gasteiger partial charge in [-0.2, -0.15) is 0 Å². The van der Waals surface area contributed by atoms with E-state index in [1.54, 1.807) is 0 Å². The van der Waals surface area contributed by atoms with Crippen molar-refractivity contribution in [1.29, 1.82) is 0 Å². The number of phenolic OH excluding ortho intramolecular Hbond substituents is 1. The Hall–Kier alpha value is -3.74. The summed E-state index contributed by atoms with van der Waals surface area (Å²) in [4.78, 5) is 27.2. The fraction of sp³-hybridized carbons (Fsp3) is 0.250. The number of aromatic hydroxyl groups is 2. The largest absolute Gasteiger partial charge is 0.507 e. The van der Waals surface area contributed by atoms with Crippen LogP contribution in [0.2, 0.25) is 0 Å². The molecule has 1 aromatic carbocycles. The Kier molecular flexibility index (Phi) is 4.76. The second kappa shape index (κ2) is 7.19. The van der Waals surface area contributed by atoms with Crippen LogP contribution in [0.15, 0.2) is 50.3 Å². The number of hydrogen-bond acceptors (Lipinski definition) is 6. The van der Waals surface area contributed by atoms with E-state index in [0.29, 0.717) is 23.3 Å². The molecule has 0 spiro atoms. The summed E-state index contributed by atoms with van der Waals surface area (Å²) in [6.07, 6.45) is 8.58. The molecule has 4 rings (SSSR count). The Morgan fingerprint density at radius 3 is 2.65 bits per heavy atom. The second-order valence-electron chi connectivity index (χ2n) is 8.38. The molecule has 0 aliphatic carbocycles. The monoisotopic (exact) mass is 421 g/mol. The van der Waals surface area contributed by atoms with Crippen LogP contribution < -0.4 is 15.7 Å². The molecule has 0 saturated carbocycles. The maximum absolute atomic E-state index is 13.4. The normalized spacial score (nSPS) is 14.2. The van der Waals surface area contributed by atoms with E-state index < -0.39 is 22.3 Å². The molecule has 3 aromatic rings. The van der Waals surface area contributed by atoms with Crippen molar-refractivity contribution in [2.24, 2.45) is 0 Å². The summed E-state index contributed by atoms with van der Waals surface area (Å²) in [7, 11) is 0. The van der Waals surface area contributed by atoms with Crippen LogP contribution in [0, 0.1) is 0 Å². The SMILES string of the molecule is CC(C)=CCc1c2c(c3occ(-c4c[nH]c(=O)c(O)c4)c(=O)c3c1O)C=CC(C)(C)O2. The first-order valence-electron chi connectivity index (χ1n) is 9.86. The number of rotatable bonds is 3. The molecule has 1 aliphatic rings. The molecular weight excluding hydrogens is 398 g/mol. The summed E-state index contributed by atoms with van der Waals surface area (Å²) < 4.78 is 11.9. The van der Waals surface area contributed by atoms with Gasteiger partial charge in [0.05, 0.1) is 11.1 Å². The van der Waals surface area contributed by atoms with Crippen molar-refractivity contribution in [3.8, 4) is 28.4 Å². The van der Waals surface area contributed by atoms with Crippen molar-refractivity contribution < 1.29 is 19.4 Å². The standard InChI is InChI=1S/C24H23NO6/c1-12(2)5-6-14-19(27)18-20(28)16(13-9-17(26)23(29)25-10-13)11-30-22(18)15-7-8-24(3,4)31-21(14)15/h5,7-11,26-27H,6H2,1-4H3,(H,25,29). The summed E-state index contributed by atoms with van der Waals surface area (Å²) in [6, 6.07) is 1.18. The molecule has 160 valence electrons. The zero-order valence-electron chi connectivity index (χ0n) is 17.7. The third-order valence-electron chi connectivity index (χ3n) is 5.20. The van der Waals surface area contributed by atoms with Crippen LogP contribution in [-0.4, -0.2) is 20.8 Å². The number of nitrogens with one attached hydrogen (secondary N) is 1. The van der Waals surface area contributed by atoms with Crippen molar-refractivity contribution >= 4 is 17.0 Å². The second-order valence-corrected chi connectivity index (χ2v) is 8.38. The fourth-order valence-electron chi connectivity index (χ4n) is 3.58. The third-order valence-corrected chi connectivity index (χ3v) is 5.20. The molecule has 7 nitrogen and oxygen atoms in total. The number of hydrogen-bond donors (Lipinski definition) is 3. The Bertz CT molecular complexity index is 1380. The molecule has 1 aliphatic heterocycles. The highest BCUT2D eigenvalue weighted by Crippen LogP contribution is 2.44. The number of allylic oxidation sites excluding steroid dienone is 2. The van der Waals surface area contributed by atoms with Crippen molar-refractivity contribution in [2.75, 3.05) is 0 Å². The molecule has 0 saturated heterocycles. The third kappa shape index (κ3) is 3.52. The fourth-order valence-corrected chi connectivity index (χ4v) is 3.58. The Morgan fingerprint density at radius 2 is 1.97 bits per heavy atom. The van der Waals surface area contributed by atoms with Gasteiger partial charge in [0.1, 0.15) is 28.7 Å². The van der Waals surface area contributed by atoms with Crippen molar-refractivity contribution in [1.82, 2.24) is 4.98 Å². The van der Waals surface area contributed by atoms with E-state index in [-0.39, 0.29) is 27.8 Å². The zero-order valence-corrected chi connectivity index (χ0v) is 17.7. The summed E-state index contributed by atoms with van der Waals surface area (Å²) >= 11 is 0. The number of benzene rings is 1. The highest BCUT2D eigenvalue weighted by Gasteiger charge is 2.30. The van der Waals surface area contributed by atoms with Crippen LogP contribution >= 0.6 is 0 Å². The van der Waals surface area contributed by atoms with Gasteiger partial charge in [-0.05, 0) is 52.3 Å². The van der Waals surface area contributed by atoms with Crippen LogP contribution in [0.5, 0.6) is 17.2 Å². The van der Waals surface area contributed by atoms with E-state index in [9.17, 15) is 19.8 Å². The number of pyridine rings is 1. The molecule has 0 fully saturated rings. The van der Waals surface area contributed by atoms with Crippen LogP contribution in [0.3, 0.4) is 0 Å². The summed E-state index contributed by atoms with van der Waals surface area (Å²) in [5, 5.41) is 20.9. The Morgan fingerprint density at radius 1 is 1.23 bits per heavy atom. The van der Waals surface area contributed by atoms with Gasteiger partial charge in [-0.1, -0.05) is 11.6 Å². The lowest BCUT2D eigenvalue weighted by Crippen LogP contribution is -2.28. The topological polar surface area (TPSA) is 113 Å². The average Bonchev–Trinajstić information content (AvgIpc) is 2.69. The number of phenols is 1. The van der Waals surface area contributed by atoms with Crippen molar-refractivity contribution in [3.63, 3.8) is 0 Å². The lowest BCUT2D eigenvalue weighted by molar-refractivity contribution is 0.157. The van der Waals surface area contributed by atoms with Gasteiger partial charge < -0.3 is 24.4 Å². The van der Waals surface area contributed by atoms with E-state index >= 15 is 0 Å².